The molecule has 1 aliphatic heterocycles. The molecule has 7 nitrogen and oxygen atoms in total. The molecule has 0 aliphatic carbocycles. The Balaban J connectivity index is 1.28. The van der Waals surface area contributed by atoms with Crippen LogP contribution in [0.15, 0.2) is 71.8 Å². The van der Waals surface area contributed by atoms with Crippen molar-refractivity contribution in [1.29, 1.82) is 0 Å². The SMILES string of the molecule is O=C(c1cccnc1)N1CCC(NCCn2nc(-c3ccccc3)ccc2=O)CC1. The third-order valence-electron chi connectivity index (χ3n) is 5.38. The topological polar surface area (TPSA) is 80.1 Å². The fourth-order valence-electron chi connectivity index (χ4n) is 3.71. The fourth-order valence-corrected chi connectivity index (χ4v) is 3.71. The molecule has 0 bridgehead atoms. The number of rotatable bonds is 6. The minimum absolute atomic E-state index is 0.0371. The van der Waals surface area contributed by atoms with Gasteiger partial charge < -0.3 is 10.2 Å². The second-order valence-corrected chi connectivity index (χ2v) is 7.41. The molecule has 30 heavy (non-hydrogen) atoms. The molecule has 1 fully saturated rings. The zero-order valence-corrected chi connectivity index (χ0v) is 16.8. The van der Waals surface area contributed by atoms with Crippen molar-refractivity contribution in [1.82, 2.24) is 25.0 Å². The van der Waals surface area contributed by atoms with E-state index in [2.05, 4.69) is 15.4 Å². The summed E-state index contributed by atoms with van der Waals surface area (Å²) < 4.78 is 1.51. The second-order valence-electron chi connectivity index (χ2n) is 7.41. The number of nitrogens with zero attached hydrogens (tertiary/aromatic N) is 4. The van der Waals surface area contributed by atoms with Crippen LogP contribution in [0.2, 0.25) is 0 Å². The monoisotopic (exact) mass is 403 g/mol. The molecule has 2 aromatic heterocycles. The van der Waals surface area contributed by atoms with Gasteiger partial charge in [0.2, 0.25) is 0 Å². The Kier molecular flexibility index (Phi) is 6.29. The molecule has 1 amide bonds. The Morgan fingerprint density at radius 2 is 1.83 bits per heavy atom. The quantitative estimate of drug-likeness (QED) is 0.683. The summed E-state index contributed by atoms with van der Waals surface area (Å²) in [6.45, 7) is 2.60. The van der Waals surface area contributed by atoms with Crippen LogP contribution in [-0.4, -0.2) is 51.2 Å². The number of pyridine rings is 1. The Morgan fingerprint density at radius 3 is 2.57 bits per heavy atom. The number of hydrogen-bond acceptors (Lipinski definition) is 5. The summed E-state index contributed by atoms with van der Waals surface area (Å²) in [5.74, 6) is 0.0371. The van der Waals surface area contributed by atoms with Gasteiger partial charge in [0.1, 0.15) is 0 Å². The van der Waals surface area contributed by atoms with Gasteiger partial charge in [-0.3, -0.25) is 14.6 Å². The van der Waals surface area contributed by atoms with E-state index in [9.17, 15) is 9.59 Å². The Hall–Kier alpha value is -3.32. The lowest BCUT2D eigenvalue weighted by molar-refractivity contribution is 0.0704. The van der Waals surface area contributed by atoms with Crippen LogP contribution < -0.4 is 10.9 Å². The van der Waals surface area contributed by atoms with Gasteiger partial charge in [-0.2, -0.15) is 5.10 Å². The number of carbonyl (C=O) groups excluding carboxylic acids is 1. The molecule has 0 radical (unpaired) electrons. The number of likely N-dealkylation sites (tertiary alicyclic amines) is 1. The molecule has 4 rings (SSSR count). The predicted octanol–water partition coefficient (Wildman–Crippen LogP) is 2.20. The predicted molar refractivity (Wildman–Crippen MR) is 115 cm³/mol. The van der Waals surface area contributed by atoms with E-state index < -0.39 is 0 Å². The standard InChI is InChI=1S/C23H25N5O2/c29-22-9-8-21(18-5-2-1-3-6-18)26-28(22)16-13-25-20-10-14-27(15-11-20)23(30)19-7-4-12-24-17-19/h1-9,12,17,20,25H,10-11,13-16H2. The lowest BCUT2D eigenvalue weighted by Gasteiger charge is -2.32. The highest BCUT2D eigenvalue weighted by Crippen LogP contribution is 2.15. The average molecular weight is 403 g/mol. The summed E-state index contributed by atoms with van der Waals surface area (Å²) in [6.07, 6.45) is 5.06. The van der Waals surface area contributed by atoms with Crippen molar-refractivity contribution in [2.75, 3.05) is 19.6 Å². The van der Waals surface area contributed by atoms with Crippen molar-refractivity contribution in [3.05, 3.63) is 82.9 Å². The molecule has 1 aliphatic rings. The first kappa shape index (κ1) is 20.0. The number of hydrogen-bond donors (Lipinski definition) is 1. The third kappa shape index (κ3) is 4.80. The highest BCUT2D eigenvalue weighted by molar-refractivity contribution is 5.93. The molecule has 1 saturated heterocycles. The van der Waals surface area contributed by atoms with Crippen LogP contribution in [-0.2, 0) is 6.54 Å². The van der Waals surface area contributed by atoms with Gasteiger partial charge in [-0.1, -0.05) is 30.3 Å². The maximum atomic E-state index is 12.5. The van der Waals surface area contributed by atoms with Gasteiger partial charge in [0, 0.05) is 49.7 Å². The number of piperidine rings is 1. The van der Waals surface area contributed by atoms with E-state index in [0.29, 0.717) is 37.8 Å². The molecule has 3 aromatic rings. The van der Waals surface area contributed by atoms with Gasteiger partial charge in [-0.25, -0.2) is 4.68 Å². The van der Waals surface area contributed by atoms with E-state index in [-0.39, 0.29) is 11.5 Å². The van der Waals surface area contributed by atoms with E-state index in [4.69, 9.17) is 0 Å². The zero-order valence-electron chi connectivity index (χ0n) is 16.8. The third-order valence-corrected chi connectivity index (χ3v) is 5.38. The molecular formula is C23H25N5O2. The minimum Gasteiger partial charge on any atom is -0.338 e. The van der Waals surface area contributed by atoms with Crippen molar-refractivity contribution >= 4 is 5.91 Å². The van der Waals surface area contributed by atoms with E-state index in [1.54, 1.807) is 36.7 Å². The molecule has 1 aromatic carbocycles. The molecule has 1 N–H and O–H groups in total. The summed E-state index contributed by atoms with van der Waals surface area (Å²) in [4.78, 5) is 30.6. The first-order chi connectivity index (χ1) is 14.7. The van der Waals surface area contributed by atoms with Crippen LogP contribution in [0, 0.1) is 0 Å². The summed E-state index contributed by atoms with van der Waals surface area (Å²) >= 11 is 0. The van der Waals surface area contributed by atoms with Crippen LogP contribution in [0.3, 0.4) is 0 Å². The van der Waals surface area contributed by atoms with Crippen molar-refractivity contribution in [3.8, 4) is 11.3 Å². The molecule has 154 valence electrons. The molecule has 3 heterocycles. The van der Waals surface area contributed by atoms with Crippen molar-refractivity contribution in [3.63, 3.8) is 0 Å². The maximum Gasteiger partial charge on any atom is 0.266 e. The molecule has 0 spiro atoms. The number of amides is 1. The van der Waals surface area contributed by atoms with Gasteiger partial charge in [0.05, 0.1) is 17.8 Å². The van der Waals surface area contributed by atoms with E-state index in [1.165, 1.54) is 4.68 Å². The summed E-state index contributed by atoms with van der Waals surface area (Å²) in [5, 5.41) is 8.01. The first-order valence-electron chi connectivity index (χ1n) is 10.3. The number of carbonyl (C=O) groups is 1. The minimum atomic E-state index is -0.103. The van der Waals surface area contributed by atoms with Gasteiger partial charge >= 0.3 is 0 Å². The largest absolute Gasteiger partial charge is 0.338 e. The zero-order chi connectivity index (χ0) is 20.8. The molecule has 0 saturated carbocycles. The summed E-state index contributed by atoms with van der Waals surface area (Å²) in [7, 11) is 0. The Morgan fingerprint density at radius 1 is 1.03 bits per heavy atom. The number of aromatic nitrogens is 3. The van der Waals surface area contributed by atoms with Crippen LogP contribution in [0.1, 0.15) is 23.2 Å². The fraction of sp³-hybridized carbons (Fsp3) is 0.304. The number of nitrogens with one attached hydrogen (secondary N) is 1. The second kappa shape index (κ2) is 9.45. The Labute approximate surface area is 175 Å². The van der Waals surface area contributed by atoms with Crippen molar-refractivity contribution in [2.24, 2.45) is 0 Å². The molecule has 7 heteroatoms. The van der Waals surface area contributed by atoms with Gasteiger partial charge in [0.25, 0.3) is 11.5 Å². The van der Waals surface area contributed by atoms with Gasteiger partial charge in [-0.15, -0.1) is 0 Å². The lowest BCUT2D eigenvalue weighted by Crippen LogP contribution is -2.45. The van der Waals surface area contributed by atoms with Crippen LogP contribution in [0.4, 0.5) is 0 Å². The normalized spacial score (nSPS) is 14.6. The van der Waals surface area contributed by atoms with E-state index >= 15 is 0 Å². The lowest BCUT2D eigenvalue weighted by atomic mass is 10.0. The maximum absolute atomic E-state index is 12.5. The molecule has 0 unspecified atom stereocenters. The van der Waals surface area contributed by atoms with Crippen LogP contribution >= 0.6 is 0 Å². The molecule has 0 atom stereocenters. The van der Waals surface area contributed by atoms with Crippen molar-refractivity contribution < 1.29 is 4.79 Å². The van der Waals surface area contributed by atoms with Gasteiger partial charge in [-0.05, 0) is 31.0 Å². The van der Waals surface area contributed by atoms with Gasteiger partial charge in [0.15, 0.2) is 0 Å². The smallest absolute Gasteiger partial charge is 0.266 e. The highest BCUT2D eigenvalue weighted by Gasteiger charge is 2.23. The van der Waals surface area contributed by atoms with E-state index in [1.807, 2.05) is 35.2 Å². The first-order valence-corrected chi connectivity index (χ1v) is 10.3. The summed E-state index contributed by atoms with van der Waals surface area (Å²) in [5.41, 5.74) is 2.31. The highest BCUT2D eigenvalue weighted by atomic mass is 16.2. The van der Waals surface area contributed by atoms with Crippen LogP contribution in [0.5, 0.6) is 0 Å². The van der Waals surface area contributed by atoms with Crippen molar-refractivity contribution in [2.45, 2.75) is 25.4 Å². The molecular weight excluding hydrogens is 378 g/mol. The van der Waals surface area contributed by atoms with E-state index in [0.717, 1.165) is 24.1 Å². The summed E-state index contributed by atoms with van der Waals surface area (Å²) in [6, 6.07) is 17.1. The average Bonchev–Trinajstić information content (AvgIpc) is 2.81. The number of benzene rings is 1. The van der Waals surface area contributed by atoms with Crippen LogP contribution in [0.25, 0.3) is 11.3 Å². The Bertz CT molecular complexity index is 1030.